The number of amides is 1. The summed E-state index contributed by atoms with van der Waals surface area (Å²) in [6.45, 7) is 1.36. The molecule has 1 aliphatic heterocycles. The van der Waals surface area contributed by atoms with E-state index in [0.717, 1.165) is 12.8 Å². The number of halogens is 1. The maximum atomic E-state index is 13.7. The first-order chi connectivity index (χ1) is 10.2. The zero-order valence-corrected chi connectivity index (χ0v) is 11.6. The van der Waals surface area contributed by atoms with Crippen molar-refractivity contribution < 1.29 is 14.3 Å². The van der Waals surface area contributed by atoms with Gasteiger partial charge in [-0.2, -0.15) is 0 Å². The van der Waals surface area contributed by atoms with Gasteiger partial charge in [0, 0.05) is 37.5 Å². The quantitative estimate of drug-likeness (QED) is 0.922. The summed E-state index contributed by atoms with van der Waals surface area (Å²) in [5.41, 5.74) is 0.362. The fraction of sp³-hybridized carbons (Fsp3) is 0.375. The molecule has 2 aromatic rings. The first-order valence-corrected chi connectivity index (χ1v) is 7.12. The van der Waals surface area contributed by atoms with Crippen LogP contribution in [-0.4, -0.2) is 40.6 Å². The molecule has 1 aromatic heterocycles. The van der Waals surface area contributed by atoms with Crippen LogP contribution in [0.2, 0.25) is 0 Å². The molecule has 5 heteroatoms. The second kappa shape index (κ2) is 5.77. The van der Waals surface area contributed by atoms with Crippen molar-refractivity contribution in [1.29, 1.82) is 0 Å². The van der Waals surface area contributed by atoms with Crippen molar-refractivity contribution in [1.82, 2.24) is 9.88 Å². The lowest BCUT2D eigenvalue weighted by atomic mass is 9.96. The summed E-state index contributed by atoms with van der Waals surface area (Å²) in [5, 5.41) is 10.5. The molecule has 1 saturated heterocycles. The number of aromatic nitrogens is 1. The SMILES string of the molecule is O=C(c1cc(F)cc2ccncc12)N1CCC(CO)CC1. The fourth-order valence-corrected chi connectivity index (χ4v) is 2.83. The second-order valence-corrected chi connectivity index (χ2v) is 5.47. The number of pyridine rings is 1. The predicted molar refractivity (Wildman–Crippen MR) is 77.4 cm³/mol. The number of hydrogen-bond donors (Lipinski definition) is 1. The minimum atomic E-state index is -0.415. The number of carbonyl (C=O) groups is 1. The number of benzene rings is 1. The maximum absolute atomic E-state index is 13.7. The average Bonchev–Trinajstić information content (AvgIpc) is 2.53. The van der Waals surface area contributed by atoms with E-state index in [-0.39, 0.29) is 18.4 Å². The summed E-state index contributed by atoms with van der Waals surface area (Å²) in [6, 6.07) is 4.39. The van der Waals surface area contributed by atoms with Gasteiger partial charge in [-0.15, -0.1) is 0 Å². The van der Waals surface area contributed by atoms with Crippen LogP contribution in [0.3, 0.4) is 0 Å². The van der Waals surface area contributed by atoms with Gasteiger partial charge in [0.1, 0.15) is 5.82 Å². The van der Waals surface area contributed by atoms with Crippen molar-refractivity contribution in [2.24, 2.45) is 5.92 Å². The average molecular weight is 288 g/mol. The van der Waals surface area contributed by atoms with E-state index in [9.17, 15) is 9.18 Å². The number of aliphatic hydroxyl groups excluding tert-OH is 1. The number of piperidine rings is 1. The van der Waals surface area contributed by atoms with Crippen LogP contribution in [0, 0.1) is 11.7 Å². The molecule has 0 atom stereocenters. The van der Waals surface area contributed by atoms with E-state index in [0.29, 0.717) is 29.4 Å². The van der Waals surface area contributed by atoms with Crippen LogP contribution in [0.15, 0.2) is 30.6 Å². The third kappa shape index (κ3) is 2.74. The largest absolute Gasteiger partial charge is 0.396 e. The van der Waals surface area contributed by atoms with Gasteiger partial charge in [0.2, 0.25) is 0 Å². The van der Waals surface area contributed by atoms with Crippen molar-refractivity contribution >= 4 is 16.7 Å². The third-order valence-electron chi connectivity index (χ3n) is 4.11. The number of nitrogens with zero attached hydrogens (tertiary/aromatic N) is 2. The van der Waals surface area contributed by atoms with E-state index >= 15 is 0 Å². The molecule has 3 rings (SSSR count). The highest BCUT2D eigenvalue weighted by Gasteiger charge is 2.24. The van der Waals surface area contributed by atoms with Crippen LogP contribution in [0.4, 0.5) is 4.39 Å². The summed E-state index contributed by atoms with van der Waals surface area (Å²) in [5.74, 6) is -0.314. The number of aliphatic hydroxyl groups is 1. The van der Waals surface area contributed by atoms with Crippen LogP contribution in [0.25, 0.3) is 10.8 Å². The molecule has 0 saturated carbocycles. The standard InChI is InChI=1S/C16H17FN2O2/c17-13-7-12-1-4-18-9-15(12)14(8-13)16(21)19-5-2-11(10-20)3-6-19/h1,4,7-9,11,20H,2-3,5-6,10H2. The van der Waals surface area contributed by atoms with Crippen molar-refractivity contribution in [3.63, 3.8) is 0 Å². The predicted octanol–water partition coefficient (Wildman–Crippen LogP) is 2.22. The molecule has 1 amide bonds. The number of carbonyl (C=O) groups excluding carboxylic acids is 1. The van der Waals surface area contributed by atoms with Gasteiger partial charge >= 0.3 is 0 Å². The molecule has 0 bridgehead atoms. The highest BCUT2D eigenvalue weighted by molar-refractivity contribution is 6.06. The summed E-state index contributed by atoms with van der Waals surface area (Å²) in [6.07, 6.45) is 4.76. The number of fused-ring (bicyclic) bond motifs is 1. The lowest BCUT2D eigenvalue weighted by Crippen LogP contribution is -2.39. The molecule has 4 nitrogen and oxygen atoms in total. The van der Waals surface area contributed by atoms with Crippen LogP contribution < -0.4 is 0 Å². The van der Waals surface area contributed by atoms with Gasteiger partial charge in [0.15, 0.2) is 0 Å². The number of rotatable bonds is 2. The highest BCUT2D eigenvalue weighted by atomic mass is 19.1. The van der Waals surface area contributed by atoms with E-state index in [2.05, 4.69) is 4.98 Å². The minimum absolute atomic E-state index is 0.162. The molecule has 1 fully saturated rings. The Labute approximate surface area is 122 Å². The van der Waals surface area contributed by atoms with Crippen LogP contribution >= 0.6 is 0 Å². The van der Waals surface area contributed by atoms with Gasteiger partial charge in [-0.1, -0.05) is 0 Å². The fourth-order valence-electron chi connectivity index (χ4n) is 2.83. The molecule has 1 aromatic carbocycles. The van der Waals surface area contributed by atoms with Crippen molar-refractivity contribution in [3.8, 4) is 0 Å². The van der Waals surface area contributed by atoms with Gasteiger partial charge in [-0.25, -0.2) is 4.39 Å². The Morgan fingerprint density at radius 3 is 2.86 bits per heavy atom. The zero-order valence-electron chi connectivity index (χ0n) is 11.6. The van der Waals surface area contributed by atoms with Crippen LogP contribution in [0.5, 0.6) is 0 Å². The Balaban J connectivity index is 1.91. The number of hydrogen-bond acceptors (Lipinski definition) is 3. The monoisotopic (exact) mass is 288 g/mol. The van der Waals surface area contributed by atoms with Crippen molar-refractivity contribution in [2.45, 2.75) is 12.8 Å². The smallest absolute Gasteiger partial charge is 0.254 e. The van der Waals surface area contributed by atoms with Crippen molar-refractivity contribution in [2.75, 3.05) is 19.7 Å². The molecular weight excluding hydrogens is 271 g/mol. The second-order valence-electron chi connectivity index (χ2n) is 5.47. The van der Waals surface area contributed by atoms with E-state index in [1.54, 1.807) is 23.4 Å². The zero-order chi connectivity index (χ0) is 14.8. The Kier molecular flexibility index (Phi) is 3.84. The van der Waals surface area contributed by atoms with Gasteiger partial charge in [0.25, 0.3) is 5.91 Å². The first kappa shape index (κ1) is 13.9. The van der Waals surface area contributed by atoms with Crippen LogP contribution in [-0.2, 0) is 0 Å². The molecule has 1 aliphatic rings. The molecule has 1 N–H and O–H groups in total. The van der Waals surface area contributed by atoms with Gasteiger partial charge in [-0.3, -0.25) is 9.78 Å². The normalized spacial score (nSPS) is 16.4. The van der Waals surface area contributed by atoms with Gasteiger partial charge in [-0.05, 0) is 42.3 Å². The Hall–Kier alpha value is -2.01. The first-order valence-electron chi connectivity index (χ1n) is 7.12. The molecule has 0 spiro atoms. The number of likely N-dealkylation sites (tertiary alicyclic amines) is 1. The lowest BCUT2D eigenvalue weighted by Gasteiger charge is -2.31. The molecule has 21 heavy (non-hydrogen) atoms. The summed E-state index contributed by atoms with van der Waals surface area (Å²) >= 11 is 0. The Morgan fingerprint density at radius 2 is 2.14 bits per heavy atom. The summed E-state index contributed by atoms with van der Waals surface area (Å²) in [7, 11) is 0. The van der Waals surface area contributed by atoms with Crippen molar-refractivity contribution in [3.05, 3.63) is 42.0 Å². The Morgan fingerprint density at radius 1 is 1.38 bits per heavy atom. The van der Waals surface area contributed by atoms with E-state index in [4.69, 9.17) is 5.11 Å². The lowest BCUT2D eigenvalue weighted by molar-refractivity contribution is 0.0652. The molecule has 0 aliphatic carbocycles. The van der Waals surface area contributed by atoms with E-state index in [1.807, 2.05) is 0 Å². The molecule has 0 radical (unpaired) electrons. The van der Waals surface area contributed by atoms with Crippen LogP contribution in [0.1, 0.15) is 23.2 Å². The topological polar surface area (TPSA) is 53.4 Å². The molecular formula is C16H17FN2O2. The Bertz CT molecular complexity index is 666. The summed E-state index contributed by atoms with van der Waals surface area (Å²) in [4.78, 5) is 18.4. The van der Waals surface area contributed by atoms with Gasteiger partial charge < -0.3 is 10.0 Å². The van der Waals surface area contributed by atoms with Gasteiger partial charge in [0.05, 0.1) is 5.56 Å². The molecule has 110 valence electrons. The van der Waals surface area contributed by atoms with E-state index in [1.165, 1.54) is 12.1 Å². The summed E-state index contributed by atoms with van der Waals surface area (Å²) < 4.78 is 13.7. The molecule has 0 unspecified atom stereocenters. The molecule has 2 heterocycles. The van der Waals surface area contributed by atoms with E-state index < -0.39 is 5.82 Å². The maximum Gasteiger partial charge on any atom is 0.254 e. The highest BCUT2D eigenvalue weighted by Crippen LogP contribution is 2.24. The minimum Gasteiger partial charge on any atom is -0.396 e. The third-order valence-corrected chi connectivity index (χ3v) is 4.11.